The lowest BCUT2D eigenvalue weighted by Crippen LogP contribution is -2.35. The quantitative estimate of drug-likeness (QED) is 0.935. The molecule has 0 fully saturated rings. The van der Waals surface area contributed by atoms with Crippen molar-refractivity contribution in [3.63, 3.8) is 0 Å². The van der Waals surface area contributed by atoms with E-state index < -0.39 is 0 Å². The molecule has 2 aromatic heterocycles. The van der Waals surface area contributed by atoms with Gasteiger partial charge in [-0.05, 0) is 40.7 Å². The minimum atomic E-state index is 0.127. The highest BCUT2D eigenvalue weighted by atomic mass is 32.1. The Labute approximate surface area is 118 Å². The molecule has 0 unspecified atom stereocenters. The molecule has 0 aliphatic heterocycles. The molecule has 0 amide bonds. The lowest BCUT2D eigenvalue weighted by molar-refractivity contribution is 0.423. The zero-order valence-corrected chi connectivity index (χ0v) is 13.1. The number of hydrogen-bond donors (Lipinski definition) is 1. The van der Waals surface area contributed by atoms with Gasteiger partial charge in [-0.3, -0.25) is 4.68 Å². The molecule has 0 saturated heterocycles. The minimum Gasteiger partial charge on any atom is -0.306 e. The van der Waals surface area contributed by atoms with Gasteiger partial charge in [0.2, 0.25) is 0 Å². The summed E-state index contributed by atoms with van der Waals surface area (Å²) in [4.78, 5) is 4.65. The standard InChI is InChI=1S/C14H22N4S/c1-10-6-11(2)18(17-10)8-12-9-19-13(16-12)7-15-14(3,4)5/h6,9,15H,7-8H2,1-5H3. The van der Waals surface area contributed by atoms with Crippen LogP contribution in [0.2, 0.25) is 0 Å². The summed E-state index contributed by atoms with van der Waals surface area (Å²) in [6, 6.07) is 2.09. The second kappa shape index (κ2) is 5.43. The fourth-order valence-electron chi connectivity index (χ4n) is 1.83. The third kappa shape index (κ3) is 4.14. The highest BCUT2D eigenvalue weighted by Crippen LogP contribution is 2.13. The van der Waals surface area contributed by atoms with Crippen LogP contribution in [-0.4, -0.2) is 20.3 Å². The maximum Gasteiger partial charge on any atom is 0.107 e. The van der Waals surface area contributed by atoms with Gasteiger partial charge in [0.25, 0.3) is 0 Å². The Balaban J connectivity index is 1.99. The van der Waals surface area contributed by atoms with Crippen LogP contribution in [0.5, 0.6) is 0 Å². The molecular weight excluding hydrogens is 256 g/mol. The summed E-state index contributed by atoms with van der Waals surface area (Å²) in [7, 11) is 0. The van der Waals surface area contributed by atoms with Crippen molar-refractivity contribution < 1.29 is 0 Å². The SMILES string of the molecule is Cc1cc(C)n(Cc2csc(CNC(C)(C)C)n2)n1. The van der Waals surface area contributed by atoms with E-state index in [2.05, 4.69) is 54.5 Å². The van der Waals surface area contributed by atoms with E-state index in [-0.39, 0.29) is 5.54 Å². The van der Waals surface area contributed by atoms with E-state index in [0.717, 1.165) is 29.5 Å². The Hall–Kier alpha value is -1.20. The van der Waals surface area contributed by atoms with Crippen molar-refractivity contribution in [2.75, 3.05) is 0 Å². The van der Waals surface area contributed by atoms with Crippen molar-refractivity contribution >= 4 is 11.3 Å². The lowest BCUT2D eigenvalue weighted by atomic mass is 10.1. The minimum absolute atomic E-state index is 0.127. The topological polar surface area (TPSA) is 42.7 Å². The largest absolute Gasteiger partial charge is 0.306 e. The fourth-order valence-corrected chi connectivity index (χ4v) is 2.56. The number of aryl methyl sites for hydroxylation is 2. The van der Waals surface area contributed by atoms with Crippen molar-refractivity contribution in [3.05, 3.63) is 33.5 Å². The van der Waals surface area contributed by atoms with Gasteiger partial charge >= 0.3 is 0 Å². The third-order valence-corrected chi connectivity index (χ3v) is 3.68. The fraction of sp³-hybridized carbons (Fsp3) is 0.571. The second-order valence-electron chi connectivity index (χ2n) is 5.92. The average Bonchev–Trinajstić information content (AvgIpc) is 2.83. The van der Waals surface area contributed by atoms with Gasteiger partial charge in [-0.1, -0.05) is 0 Å². The average molecular weight is 278 g/mol. The smallest absolute Gasteiger partial charge is 0.107 e. The summed E-state index contributed by atoms with van der Waals surface area (Å²) >= 11 is 1.71. The van der Waals surface area contributed by atoms with E-state index in [0.29, 0.717) is 0 Å². The number of nitrogens with one attached hydrogen (secondary N) is 1. The molecule has 0 atom stereocenters. The first-order valence-corrected chi connectivity index (χ1v) is 7.41. The predicted molar refractivity (Wildman–Crippen MR) is 79.5 cm³/mol. The second-order valence-corrected chi connectivity index (χ2v) is 6.86. The molecule has 2 aromatic rings. The van der Waals surface area contributed by atoms with Gasteiger partial charge in [0.15, 0.2) is 0 Å². The molecule has 1 N–H and O–H groups in total. The summed E-state index contributed by atoms with van der Waals surface area (Å²) in [5.74, 6) is 0. The predicted octanol–water partition coefficient (Wildman–Crippen LogP) is 2.89. The van der Waals surface area contributed by atoms with Crippen LogP contribution >= 0.6 is 11.3 Å². The summed E-state index contributed by atoms with van der Waals surface area (Å²) in [5.41, 5.74) is 3.45. The van der Waals surface area contributed by atoms with Crippen molar-refractivity contribution in [2.24, 2.45) is 0 Å². The third-order valence-electron chi connectivity index (χ3n) is 2.78. The highest BCUT2D eigenvalue weighted by molar-refractivity contribution is 7.09. The molecule has 4 nitrogen and oxygen atoms in total. The Morgan fingerprint density at radius 1 is 1.32 bits per heavy atom. The molecule has 2 rings (SSSR count). The first kappa shape index (κ1) is 14.2. The van der Waals surface area contributed by atoms with Crippen LogP contribution < -0.4 is 5.32 Å². The monoisotopic (exact) mass is 278 g/mol. The van der Waals surface area contributed by atoms with E-state index >= 15 is 0 Å². The number of hydrogen-bond acceptors (Lipinski definition) is 4. The van der Waals surface area contributed by atoms with Crippen molar-refractivity contribution in [2.45, 2.75) is 53.2 Å². The van der Waals surface area contributed by atoms with Crippen LogP contribution in [0.1, 0.15) is 42.9 Å². The van der Waals surface area contributed by atoms with Crippen LogP contribution in [-0.2, 0) is 13.1 Å². The van der Waals surface area contributed by atoms with Crippen molar-refractivity contribution in [3.8, 4) is 0 Å². The molecule has 2 heterocycles. The van der Waals surface area contributed by atoms with Gasteiger partial charge in [-0.25, -0.2) is 4.98 Å². The van der Waals surface area contributed by atoms with Crippen LogP contribution in [0.25, 0.3) is 0 Å². The van der Waals surface area contributed by atoms with Crippen molar-refractivity contribution in [1.82, 2.24) is 20.1 Å². The molecule has 0 spiro atoms. The molecule has 0 bridgehead atoms. The zero-order valence-electron chi connectivity index (χ0n) is 12.3. The lowest BCUT2D eigenvalue weighted by Gasteiger charge is -2.19. The van der Waals surface area contributed by atoms with E-state index in [1.807, 2.05) is 11.6 Å². The first-order valence-electron chi connectivity index (χ1n) is 6.53. The van der Waals surface area contributed by atoms with Gasteiger partial charge in [-0.15, -0.1) is 11.3 Å². The van der Waals surface area contributed by atoms with Crippen LogP contribution in [0.4, 0.5) is 0 Å². The van der Waals surface area contributed by atoms with Gasteiger partial charge < -0.3 is 5.32 Å². The number of thiazole rings is 1. The molecular formula is C14H22N4S. The molecule has 0 saturated carbocycles. The summed E-state index contributed by atoms with van der Waals surface area (Å²) in [5, 5.41) is 11.2. The molecule has 5 heteroatoms. The summed E-state index contributed by atoms with van der Waals surface area (Å²) in [6.07, 6.45) is 0. The number of nitrogens with zero attached hydrogens (tertiary/aromatic N) is 3. The molecule has 104 valence electrons. The summed E-state index contributed by atoms with van der Waals surface area (Å²) in [6.45, 7) is 12.2. The van der Waals surface area contributed by atoms with Crippen LogP contribution in [0.15, 0.2) is 11.4 Å². The Morgan fingerprint density at radius 3 is 2.63 bits per heavy atom. The molecule has 0 radical (unpaired) electrons. The Kier molecular flexibility index (Phi) is 4.06. The van der Waals surface area contributed by atoms with E-state index in [1.54, 1.807) is 11.3 Å². The number of rotatable bonds is 4. The maximum atomic E-state index is 4.65. The van der Waals surface area contributed by atoms with Gasteiger partial charge in [0.1, 0.15) is 5.01 Å². The molecule has 19 heavy (non-hydrogen) atoms. The van der Waals surface area contributed by atoms with Gasteiger partial charge in [-0.2, -0.15) is 5.10 Å². The van der Waals surface area contributed by atoms with Gasteiger partial charge in [0, 0.05) is 23.2 Å². The number of aromatic nitrogens is 3. The molecule has 0 aromatic carbocycles. The van der Waals surface area contributed by atoms with E-state index in [1.165, 1.54) is 5.69 Å². The molecule has 0 aliphatic carbocycles. The van der Waals surface area contributed by atoms with Crippen LogP contribution in [0, 0.1) is 13.8 Å². The zero-order chi connectivity index (χ0) is 14.0. The van der Waals surface area contributed by atoms with Gasteiger partial charge in [0.05, 0.1) is 17.9 Å². The highest BCUT2D eigenvalue weighted by Gasteiger charge is 2.11. The Bertz CT molecular complexity index is 548. The Morgan fingerprint density at radius 2 is 2.05 bits per heavy atom. The maximum absolute atomic E-state index is 4.65. The van der Waals surface area contributed by atoms with Crippen LogP contribution in [0.3, 0.4) is 0 Å². The van der Waals surface area contributed by atoms with Crippen molar-refractivity contribution in [1.29, 1.82) is 0 Å². The molecule has 0 aliphatic rings. The first-order chi connectivity index (χ1) is 8.83. The normalized spacial score (nSPS) is 12.1. The summed E-state index contributed by atoms with van der Waals surface area (Å²) < 4.78 is 2.01. The van der Waals surface area contributed by atoms with E-state index in [4.69, 9.17) is 0 Å². The van der Waals surface area contributed by atoms with E-state index in [9.17, 15) is 0 Å².